The number of halogens is 5. The van der Waals surface area contributed by atoms with E-state index in [1.807, 2.05) is 0 Å². The van der Waals surface area contributed by atoms with Gasteiger partial charge in [-0.2, -0.15) is 13.2 Å². The van der Waals surface area contributed by atoms with E-state index in [9.17, 15) is 27.1 Å². The van der Waals surface area contributed by atoms with Crippen LogP contribution in [0.4, 0.5) is 27.9 Å². The molecule has 0 saturated heterocycles. The Bertz CT molecular complexity index is 825. The van der Waals surface area contributed by atoms with Gasteiger partial charge in [0.05, 0.1) is 11.3 Å². The molecule has 0 bridgehead atoms. The molecule has 0 aliphatic heterocycles. The van der Waals surface area contributed by atoms with Gasteiger partial charge in [0.15, 0.2) is 0 Å². The summed E-state index contributed by atoms with van der Waals surface area (Å²) in [6.45, 7) is 1.54. The summed E-state index contributed by atoms with van der Waals surface area (Å²) >= 11 is 0. The molecule has 1 atom stereocenters. The lowest BCUT2D eigenvalue weighted by atomic mass is 10.1. The summed E-state index contributed by atoms with van der Waals surface area (Å²) in [6.07, 6.45) is -4.84. The van der Waals surface area contributed by atoms with Crippen LogP contribution < -0.4 is 5.32 Å². The molecular formula is C16H15F5N4O. The first-order valence-electron chi connectivity index (χ1n) is 7.81. The third-order valence-electron chi connectivity index (χ3n) is 4.18. The highest BCUT2D eigenvalue weighted by Crippen LogP contribution is 2.37. The van der Waals surface area contributed by atoms with Gasteiger partial charge in [-0.1, -0.05) is 0 Å². The maximum absolute atomic E-state index is 13.2. The molecule has 1 aliphatic rings. The summed E-state index contributed by atoms with van der Waals surface area (Å²) in [6, 6.07) is 2.03. The van der Waals surface area contributed by atoms with E-state index in [4.69, 9.17) is 0 Å². The van der Waals surface area contributed by atoms with E-state index in [1.165, 1.54) is 6.92 Å². The molecule has 1 aromatic carbocycles. The second-order valence-corrected chi connectivity index (χ2v) is 6.24. The Morgan fingerprint density at radius 2 is 1.96 bits per heavy atom. The van der Waals surface area contributed by atoms with Gasteiger partial charge < -0.3 is 10.4 Å². The van der Waals surface area contributed by atoms with Crippen LogP contribution >= 0.6 is 0 Å². The molecule has 1 aromatic heterocycles. The monoisotopic (exact) mass is 374 g/mol. The number of benzene rings is 1. The number of rotatable bonds is 3. The predicted molar refractivity (Wildman–Crippen MR) is 82.9 cm³/mol. The molecule has 0 radical (unpaired) electrons. The lowest BCUT2D eigenvalue weighted by Crippen LogP contribution is -2.21. The largest absolute Gasteiger partial charge is 0.507 e. The second kappa shape index (κ2) is 6.33. The van der Waals surface area contributed by atoms with Crippen molar-refractivity contribution in [3.8, 4) is 17.0 Å². The molecule has 1 heterocycles. The Balaban J connectivity index is 1.82. The molecule has 1 saturated carbocycles. The highest BCUT2D eigenvalue weighted by molar-refractivity contribution is 5.69. The van der Waals surface area contributed by atoms with Crippen molar-refractivity contribution in [2.45, 2.75) is 44.3 Å². The van der Waals surface area contributed by atoms with Gasteiger partial charge in [-0.3, -0.25) is 0 Å². The van der Waals surface area contributed by atoms with Crippen LogP contribution in [0.5, 0.6) is 5.75 Å². The van der Waals surface area contributed by atoms with Crippen molar-refractivity contribution in [3.05, 3.63) is 29.5 Å². The summed E-state index contributed by atoms with van der Waals surface area (Å²) in [5, 5.41) is 20.3. The van der Waals surface area contributed by atoms with Crippen LogP contribution in [-0.4, -0.2) is 32.3 Å². The van der Waals surface area contributed by atoms with Crippen molar-refractivity contribution in [1.82, 2.24) is 15.2 Å². The molecular weight excluding hydrogens is 359 g/mol. The fraction of sp³-hybridized carbons (Fsp3) is 0.438. The Labute approximate surface area is 145 Å². The van der Waals surface area contributed by atoms with Crippen LogP contribution in [0, 0.1) is 6.92 Å². The zero-order valence-electron chi connectivity index (χ0n) is 13.6. The zero-order chi connectivity index (χ0) is 19.1. The van der Waals surface area contributed by atoms with Crippen LogP contribution in [0.2, 0.25) is 0 Å². The molecule has 2 N–H and O–H groups in total. The van der Waals surface area contributed by atoms with E-state index in [0.717, 1.165) is 12.1 Å². The number of phenols is 1. The maximum atomic E-state index is 13.2. The highest BCUT2D eigenvalue weighted by atomic mass is 19.4. The van der Waals surface area contributed by atoms with Crippen LogP contribution in [0.1, 0.15) is 30.5 Å². The molecule has 26 heavy (non-hydrogen) atoms. The van der Waals surface area contributed by atoms with Crippen molar-refractivity contribution in [3.63, 3.8) is 0 Å². The van der Waals surface area contributed by atoms with Crippen LogP contribution in [0.15, 0.2) is 18.2 Å². The predicted octanol–water partition coefficient (Wildman–Crippen LogP) is 4.17. The van der Waals surface area contributed by atoms with E-state index in [0.29, 0.717) is 11.8 Å². The van der Waals surface area contributed by atoms with E-state index in [2.05, 4.69) is 20.5 Å². The number of hydrogen-bond donors (Lipinski definition) is 2. The normalized spacial score (nSPS) is 19.5. The van der Waals surface area contributed by atoms with Gasteiger partial charge in [0, 0.05) is 24.4 Å². The molecule has 0 unspecified atom stereocenters. The number of hydrogen-bond acceptors (Lipinski definition) is 5. The first-order valence-corrected chi connectivity index (χ1v) is 7.81. The fourth-order valence-corrected chi connectivity index (χ4v) is 2.88. The molecule has 1 aliphatic carbocycles. The Morgan fingerprint density at radius 3 is 2.50 bits per heavy atom. The number of aryl methyl sites for hydroxylation is 1. The summed E-state index contributed by atoms with van der Waals surface area (Å²) in [7, 11) is 0. The zero-order valence-corrected chi connectivity index (χ0v) is 13.6. The summed E-state index contributed by atoms with van der Waals surface area (Å²) in [4.78, 5) is 4.11. The first-order chi connectivity index (χ1) is 12.0. The third kappa shape index (κ3) is 3.83. The Kier molecular flexibility index (Phi) is 4.45. The summed E-state index contributed by atoms with van der Waals surface area (Å²) < 4.78 is 64.4. The molecule has 0 spiro atoms. The van der Waals surface area contributed by atoms with Crippen LogP contribution in [0.25, 0.3) is 11.3 Å². The van der Waals surface area contributed by atoms with Gasteiger partial charge in [0.2, 0.25) is 11.9 Å². The van der Waals surface area contributed by atoms with E-state index < -0.39 is 29.5 Å². The van der Waals surface area contributed by atoms with Crippen LogP contribution in [-0.2, 0) is 6.18 Å². The number of anilines is 1. The van der Waals surface area contributed by atoms with Crippen molar-refractivity contribution >= 4 is 5.95 Å². The van der Waals surface area contributed by atoms with Gasteiger partial charge in [-0.05, 0) is 31.5 Å². The van der Waals surface area contributed by atoms with Crippen molar-refractivity contribution in [2.75, 3.05) is 5.32 Å². The van der Waals surface area contributed by atoms with E-state index in [-0.39, 0.29) is 36.5 Å². The standard InChI is InChI=1S/C16H15F5N4O/c1-8-13(11-3-2-9(6-12(11)26)16(19,20)21)24-25-14(22-8)23-10-4-5-15(17,18)7-10/h2-3,6,10,26H,4-5,7H2,1H3,(H,22,23,25)/t10-/m0/s1. The summed E-state index contributed by atoms with van der Waals surface area (Å²) in [5.74, 6) is -3.26. The summed E-state index contributed by atoms with van der Waals surface area (Å²) in [5.41, 5.74) is -0.534. The van der Waals surface area contributed by atoms with E-state index >= 15 is 0 Å². The minimum atomic E-state index is -4.58. The number of alkyl halides is 5. The number of nitrogens with zero attached hydrogens (tertiary/aromatic N) is 3. The second-order valence-electron chi connectivity index (χ2n) is 6.24. The molecule has 140 valence electrons. The van der Waals surface area contributed by atoms with Gasteiger partial charge in [0.1, 0.15) is 11.4 Å². The average molecular weight is 374 g/mol. The molecule has 2 aromatic rings. The number of nitrogens with one attached hydrogen (secondary N) is 1. The quantitative estimate of drug-likeness (QED) is 0.789. The van der Waals surface area contributed by atoms with Crippen molar-refractivity contribution < 1.29 is 27.1 Å². The topological polar surface area (TPSA) is 70.9 Å². The van der Waals surface area contributed by atoms with Crippen molar-refractivity contribution in [1.29, 1.82) is 0 Å². The number of aromatic hydroxyl groups is 1. The lowest BCUT2D eigenvalue weighted by molar-refractivity contribution is -0.137. The molecule has 0 amide bonds. The van der Waals surface area contributed by atoms with Gasteiger partial charge >= 0.3 is 6.18 Å². The Morgan fingerprint density at radius 1 is 1.23 bits per heavy atom. The minimum Gasteiger partial charge on any atom is -0.507 e. The fourth-order valence-electron chi connectivity index (χ4n) is 2.88. The smallest absolute Gasteiger partial charge is 0.416 e. The molecule has 10 heteroatoms. The molecule has 3 rings (SSSR count). The highest BCUT2D eigenvalue weighted by Gasteiger charge is 2.39. The average Bonchev–Trinajstić information content (AvgIpc) is 2.86. The van der Waals surface area contributed by atoms with Crippen LogP contribution in [0.3, 0.4) is 0 Å². The SMILES string of the molecule is Cc1nc(N[C@H]2CCC(F)(F)C2)nnc1-c1ccc(C(F)(F)F)cc1O. The van der Waals surface area contributed by atoms with Gasteiger partial charge in [-0.25, -0.2) is 13.8 Å². The van der Waals surface area contributed by atoms with Crippen molar-refractivity contribution in [2.24, 2.45) is 0 Å². The maximum Gasteiger partial charge on any atom is 0.416 e. The Hall–Kier alpha value is -2.52. The van der Waals surface area contributed by atoms with E-state index in [1.54, 1.807) is 0 Å². The van der Waals surface area contributed by atoms with Gasteiger partial charge in [0.25, 0.3) is 0 Å². The number of aromatic nitrogens is 3. The minimum absolute atomic E-state index is 0.0504. The lowest BCUT2D eigenvalue weighted by Gasteiger charge is -2.14. The third-order valence-corrected chi connectivity index (χ3v) is 4.18. The number of phenolic OH excluding ortho intramolecular Hbond substituents is 1. The van der Waals surface area contributed by atoms with Gasteiger partial charge in [-0.15, -0.1) is 10.2 Å². The molecule has 5 nitrogen and oxygen atoms in total. The molecule has 1 fully saturated rings. The first kappa shape index (κ1) is 18.3.